The fraction of sp³-hybridized carbons (Fsp3) is 0.500. The van der Waals surface area contributed by atoms with Gasteiger partial charge < -0.3 is 9.32 Å². The molecule has 0 radical (unpaired) electrons. The van der Waals surface area contributed by atoms with E-state index in [0.717, 1.165) is 13.0 Å². The van der Waals surface area contributed by atoms with Gasteiger partial charge in [-0.15, -0.1) is 10.2 Å². The van der Waals surface area contributed by atoms with E-state index >= 15 is 0 Å². The van der Waals surface area contributed by atoms with Gasteiger partial charge in [-0.25, -0.2) is 4.79 Å². The van der Waals surface area contributed by atoms with Crippen LogP contribution in [0.4, 0.5) is 9.93 Å². The van der Waals surface area contributed by atoms with E-state index in [1.165, 1.54) is 17.8 Å². The maximum absolute atomic E-state index is 12.3. The standard InChI is InChI=1S/C14H18N4O2S/c1-9-5-3-7-18(10(9)2)14(19)15-13-17-16-12(21-13)11-6-4-8-20-11/h4,6,8-10H,3,5,7H2,1-2H3,(H,15,17,19). The summed E-state index contributed by atoms with van der Waals surface area (Å²) in [6.07, 6.45) is 3.81. The first-order valence-corrected chi connectivity index (χ1v) is 7.92. The van der Waals surface area contributed by atoms with Crippen LogP contribution < -0.4 is 5.32 Å². The Labute approximate surface area is 127 Å². The van der Waals surface area contributed by atoms with Gasteiger partial charge in [0.05, 0.1) is 6.26 Å². The van der Waals surface area contributed by atoms with Gasteiger partial charge in [0, 0.05) is 12.6 Å². The van der Waals surface area contributed by atoms with Gasteiger partial charge in [0.1, 0.15) is 0 Å². The number of carbonyl (C=O) groups is 1. The van der Waals surface area contributed by atoms with Crippen LogP contribution in [0.2, 0.25) is 0 Å². The van der Waals surface area contributed by atoms with Crippen molar-refractivity contribution < 1.29 is 9.21 Å². The third-order valence-electron chi connectivity index (χ3n) is 4.01. The van der Waals surface area contributed by atoms with E-state index < -0.39 is 0 Å². The first-order chi connectivity index (χ1) is 10.1. The predicted octanol–water partition coefficient (Wildman–Crippen LogP) is 3.45. The van der Waals surface area contributed by atoms with Crippen LogP contribution in [0, 0.1) is 5.92 Å². The Morgan fingerprint density at radius 2 is 2.33 bits per heavy atom. The molecule has 21 heavy (non-hydrogen) atoms. The molecule has 1 aliphatic rings. The van der Waals surface area contributed by atoms with Gasteiger partial charge in [-0.05, 0) is 37.8 Å². The lowest BCUT2D eigenvalue weighted by Gasteiger charge is -2.37. The van der Waals surface area contributed by atoms with Crippen LogP contribution >= 0.6 is 11.3 Å². The van der Waals surface area contributed by atoms with Crippen molar-refractivity contribution in [2.24, 2.45) is 5.92 Å². The van der Waals surface area contributed by atoms with Crippen molar-refractivity contribution >= 4 is 22.5 Å². The number of furan rings is 1. The maximum Gasteiger partial charge on any atom is 0.323 e. The summed E-state index contributed by atoms with van der Waals surface area (Å²) in [5, 5.41) is 12.0. The molecule has 3 rings (SSSR count). The second-order valence-electron chi connectivity index (χ2n) is 5.37. The summed E-state index contributed by atoms with van der Waals surface area (Å²) >= 11 is 1.31. The van der Waals surface area contributed by atoms with Crippen molar-refractivity contribution in [2.45, 2.75) is 32.7 Å². The molecule has 0 saturated carbocycles. The lowest BCUT2D eigenvalue weighted by Crippen LogP contribution is -2.47. The molecule has 0 spiro atoms. The Balaban J connectivity index is 1.67. The van der Waals surface area contributed by atoms with E-state index in [4.69, 9.17) is 4.42 Å². The van der Waals surface area contributed by atoms with Gasteiger partial charge in [0.25, 0.3) is 0 Å². The Kier molecular flexibility index (Phi) is 3.92. The number of nitrogens with one attached hydrogen (secondary N) is 1. The lowest BCUT2D eigenvalue weighted by molar-refractivity contribution is 0.139. The fourth-order valence-corrected chi connectivity index (χ4v) is 3.26. The molecule has 2 unspecified atom stereocenters. The zero-order chi connectivity index (χ0) is 14.8. The molecule has 2 amide bonds. The highest BCUT2D eigenvalue weighted by atomic mass is 32.1. The topological polar surface area (TPSA) is 71.3 Å². The van der Waals surface area contributed by atoms with E-state index in [2.05, 4.69) is 29.4 Å². The number of likely N-dealkylation sites (tertiary alicyclic amines) is 1. The number of urea groups is 1. The lowest BCUT2D eigenvalue weighted by atomic mass is 9.92. The number of hydrogen-bond donors (Lipinski definition) is 1. The van der Waals surface area contributed by atoms with Crippen LogP contribution in [0.25, 0.3) is 10.8 Å². The van der Waals surface area contributed by atoms with Gasteiger partial charge in [0.2, 0.25) is 5.13 Å². The number of amides is 2. The predicted molar refractivity (Wildman–Crippen MR) is 81.2 cm³/mol. The average Bonchev–Trinajstić information content (AvgIpc) is 3.12. The summed E-state index contributed by atoms with van der Waals surface area (Å²) in [5.74, 6) is 1.19. The van der Waals surface area contributed by atoms with Crippen molar-refractivity contribution in [3.05, 3.63) is 18.4 Å². The molecule has 0 aliphatic carbocycles. The van der Waals surface area contributed by atoms with Crippen molar-refractivity contribution in [1.82, 2.24) is 15.1 Å². The quantitative estimate of drug-likeness (QED) is 0.922. The van der Waals surface area contributed by atoms with E-state index in [1.807, 2.05) is 11.0 Å². The second kappa shape index (κ2) is 5.85. The van der Waals surface area contributed by atoms with E-state index in [-0.39, 0.29) is 12.1 Å². The monoisotopic (exact) mass is 306 g/mol. The minimum Gasteiger partial charge on any atom is -0.462 e. The smallest absolute Gasteiger partial charge is 0.323 e. The molecule has 112 valence electrons. The van der Waals surface area contributed by atoms with Crippen LogP contribution in [0.5, 0.6) is 0 Å². The molecule has 2 atom stereocenters. The molecular weight excluding hydrogens is 288 g/mol. The fourth-order valence-electron chi connectivity index (χ4n) is 2.56. The molecule has 1 fully saturated rings. The normalized spacial score (nSPS) is 22.3. The molecule has 1 aliphatic heterocycles. The average molecular weight is 306 g/mol. The van der Waals surface area contributed by atoms with E-state index in [1.54, 1.807) is 12.3 Å². The highest BCUT2D eigenvalue weighted by Gasteiger charge is 2.28. The number of aromatic nitrogens is 2. The molecule has 1 N–H and O–H groups in total. The number of rotatable bonds is 2. The summed E-state index contributed by atoms with van der Waals surface area (Å²) < 4.78 is 5.27. The first kappa shape index (κ1) is 14.1. The summed E-state index contributed by atoms with van der Waals surface area (Å²) in [6, 6.07) is 3.76. The molecule has 6 nitrogen and oxygen atoms in total. The van der Waals surface area contributed by atoms with Crippen molar-refractivity contribution in [3.8, 4) is 10.8 Å². The minimum atomic E-state index is -0.101. The molecule has 0 bridgehead atoms. The largest absolute Gasteiger partial charge is 0.462 e. The minimum absolute atomic E-state index is 0.101. The molecule has 2 aromatic heterocycles. The van der Waals surface area contributed by atoms with Crippen molar-refractivity contribution in [2.75, 3.05) is 11.9 Å². The summed E-state index contributed by atoms with van der Waals surface area (Å²) in [6.45, 7) is 5.07. The Morgan fingerprint density at radius 3 is 3.10 bits per heavy atom. The van der Waals surface area contributed by atoms with E-state index in [9.17, 15) is 4.79 Å². The Morgan fingerprint density at radius 1 is 1.48 bits per heavy atom. The van der Waals surface area contributed by atoms with Crippen molar-refractivity contribution in [1.29, 1.82) is 0 Å². The van der Waals surface area contributed by atoms with Gasteiger partial charge in [-0.1, -0.05) is 18.3 Å². The van der Waals surface area contributed by atoms with Gasteiger partial charge in [0.15, 0.2) is 10.8 Å². The number of carbonyl (C=O) groups excluding carboxylic acids is 1. The van der Waals surface area contributed by atoms with Gasteiger partial charge >= 0.3 is 6.03 Å². The Hall–Kier alpha value is -1.89. The molecule has 3 heterocycles. The van der Waals surface area contributed by atoms with Crippen LogP contribution in [0.3, 0.4) is 0 Å². The number of hydrogen-bond acceptors (Lipinski definition) is 5. The summed E-state index contributed by atoms with van der Waals surface area (Å²) in [5.41, 5.74) is 0. The number of anilines is 1. The number of piperidine rings is 1. The maximum atomic E-state index is 12.3. The second-order valence-corrected chi connectivity index (χ2v) is 6.35. The van der Waals surface area contributed by atoms with Gasteiger partial charge in [-0.2, -0.15) is 0 Å². The third-order valence-corrected chi connectivity index (χ3v) is 4.86. The Bertz CT molecular complexity index is 610. The molecule has 1 saturated heterocycles. The highest BCUT2D eigenvalue weighted by Crippen LogP contribution is 2.28. The van der Waals surface area contributed by atoms with E-state index in [0.29, 0.717) is 21.8 Å². The molecule has 7 heteroatoms. The summed E-state index contributed by atoms with van der Waals surface area (Å²) in [4.78, 5) is 14.2. The first-order valence-electron chi connectivity index (χ1n) is 7.10. The zero-order valence-corrected chi connectivity index (χ0v) is 12.9. The molecular formula is C14H18N4O2S. The summed E-state index contributed by atoms with van der Waals surface area (Å²) in [7, 11) is 0. The van der Waals surface area contributed by atoms with Crippen LogP contribution in [0.15, 0.2) is 22.8 Å². The highest BCUT2D eigenvalue weighted by molar-refractivity contribution is 7.18. The zero-order valence-electron chi connectivity index (χ0n) is 12.1. The van der Waals surface area contributed by atoms with Crippen LogP contribution in [0.1, 0.15) is 26.7 Å². The van der Waals surface area contributed by atoms with Crippen LogP contribution in [-0.4, -0.2) is 33.7 Å². The van der Waals surface area contributed by atoms with Crippen molar-refractivity contribution in [3.63, 3.8) is 0 Å². The SMILES string of the molecule is CC1CCCN(C(=O)Nc2nnc(-c3ccco3)s2)C1C. The van der Waals surface area contributed by atoms with Gasteiger partial charge in [-0.3, -0.25) is 5.32 Å². The third kappa shape index (κ3) is 2.92. The molecule has 0 aromatic carbocycles. The van der Waals surface area contributed by atoms with Crippen LogP contribution in [-0.2, 0) is 0 Å². The number of nitrogens with zero attached hydrogens (tertiary/aromatic N) is 3. The molecule has 2 aromatic rings.